The van der Waals surface area contributed by atoms with E-state index in [-0.39, 0.29) is 6.54 Å². The zero-order valence-corrected chi connectivity index (χ0v) is 16.2. The highest BCUT2D eigenvalue weighted by atomic mass is 16.5. The van der Waals surface area contributed by atoms with Crippen molar-refractivity contribution < 1.29 is 23.9 Å². The molecule has 28 heavy (non-hydrogen) atoms. The fourth-order valence-corrected chi connectivity index (χ4v) is 2.34. The Morgan fingerprint density at radius 3 is 2.32 bits per heavy atom. The van der Waals surface area contributed by atoms with Gasteiger partial charge in [0.1, 0.15) is 12.3 Å². The van der Waals surface area contributed by atoms with Crippen LogP contribution >= 0.6 is 0 Å². The molecule has 2 aromatic carbocycles. The fourth-order valence-electron chi connectivity index (χ4n) is 2.34. The van der Waals surface area contributed by atoms with Crippen molar-refractivity contribution in [3.05, 3.63) is 59.2 Å². The van der Waals surface area contributed by atoms with E-state index in [1.54, 1.807) is 30.3 Å². The second-order valence-corrected chi connectivity index (χ2v) is 6.15. The van der Waals surface area contributed by atoms with Gasteiger partial charge in [-0.05, 0) is 68.3 Å². The van der Waals surface area contributed by atoms with Crippen molar-refractivity contribution in [1.29, 1.82) is 0 Å². The molecule has 148 valence electrons. The summed E-state index contributed by atoms with van der Waals surface area (Å²) in [7, 11) is 0. The monoisotopic (exact) mass is 384 g/mol. The molecule has 7 nitrogen and oxygen atoms in total. The maximum absolute atomic E-state index is 12.0. The Kier molecular flexibility index (Phi) is 7.56. The average Bonchev–Trinajstić information content (AvgIpc) is 2.68. The zero-order valence-electron chi connectivity index (χ0n) is 16.2. The predicted octanol–water partition coefficient (Wildman–Crippen LogP) is 2.61. The largest absolute Gasteiger partial charge is 0.494 e. The number of carbonyl (C=O) groups is 3. The quantitative estimate of drug-likeness (QED) is 0.683. The Balaban J connectivity index is 1.73. The summed E-state index contributed by atoms with van der Waals surface area (Å²) in [5.74, 6) is -0.906. The Hall–Kier alpha value is -3.35. The third-order valence-corrected chi connectivity index (χ3v) is 3.98. The molecule has 0 aromatic heterocycles. The molecule has 0 bridgehead atoms. The number of nitrogens with one attached hydrogen (secondary N) is 2. The zero-order chi connectivity index (χ0) is 20.5. The van der Waals surface area contributed by atoms with Crippen LogP contribution in [0.2, 0.25) is 0 Å². The van der Waals surface area contributed by atoms with Gasteiger partial charge in [-0.3, -0.25) is 14.4 Å². The van der Waals surface area contributed by atoms with Gasteiger partial charge in [0.05, 0.1) is 6.61 Å². The molecule has 0 aliphatic heterocycles. The van der Waals surface area contributed by atoms with Crippen LogP contribution < -0.4 is 15.4 Å². The first kappa shape index (κ1) is 21.0. The summed E-state index contributed by atoms with van der Waals surface area (Å²) in [6.07, 6.45) is 0. The van der Waals surface area contributed by atoms with E-state index in [4.69, 9.17) is 9.47 Å². The second-order valence-electron chi connectivity index (χ2n) is 6.15. The van der Waals surface area contributed by atoms with Crippen molar-refractivity contribution >= 4 is 23.5 Å². The molecule has 0 atom stereocenters. The van der Waals surface area contributed by atoms with Crippen LogP contribution in [-0.2, 0) is 14.3 Å². The molecular formula is C21H24N2O5. The third kappa shape index (κ3) is 6.42. The lowest BCUT2D eigenvalue weighted by Crippen LogP contribution is -2.32. The Morgan fingerprint density at radius 2 is 1.68 bits per heavy atom. The SMILES string of the molecule is CCOc1ccc(C(=O)NCC(=O)OCC(=O)Nc2ccc(C)c(C)c2)cc1. The van der Waals surface area contributed by atoms with Crippen LogP contribution in [0, 0.1) is 13.8 Å². The summed E-state index contributed by atoms with van der Waals surface area (Å²) in [4.78, 5) is 35.6. The number of aryl methyl sites for hydroxylation is 2. The maximum Gasteiger partial charge on any atom is 0.325 e. The molecule has 2 aromatic rings. The lowest BCUT2D eigenvalue weighted by Gasteiger charge is -2.09. The molecule has 0 saturated heterocycles. The maximum atomic E-state index is 12.0. The van der Waals surface area contributed by atoms with Gasteiger partial charge in [0.15, 0.2) is 6.61 Å². The molecule has 0 spiro atoms. The van der Waals surface area contributed by atoms with Gasteiger partial charge >= 0.3 is 5.97 Å². The predicted molar refractivity (Wildman–Crippen MR) is 105 cm³/mol. The summed E-state index contributed by atoms with van der Waals surface area (Å²) in [6.45, 7) is 5.57. The highest BCUT2D eigenvalue weighted by Gasteiger charge is 2.11. The highest BCUT2D eigenvalue weighted by Crippen LogP contribution is 2.14. The second kappa shape index (κ2) is 10.1. The van der Waals surface area contributed by atoms with Crippen LogP contribution in [0.1, 0.15) is 28.4 Å². The number of hydrogen-bond donors (Lipinski definition) is 2. The third-order valence-electron chi connectivity index (χ3n) is 3.98. The van der Waals surface area contributed by atoms with Gasteiger partial charge in [-0.1, -0.05) is 6.07 Å². The summed E-state index contributed by atoms with van der Waals surface area (Å²) in [6, 6.07) is 12.1. The Morgan fingerprint density at radius 1 is 0.964 bits per heavy atom. The number of benzene rings is 2. The number of anilines is 1. The van der Waals surface area contributed by atoms with Crippen LogP contribution in [0.4, 0.5) is 5.69 Å². The Labute approximate surface area is 164 Å². The van der Waals surface area contributed by atoms with E-state index < -0.39 is 24.4 Å². The van der Waals surface area contributed by atoms with Crippen LogP contribution in [0.3, 0.4) is 0 Å². The molecule has 0 saturated carbocycles. The van der Waals surface area contributed by atoms with Gasteiger partial charge in [-0.15, -0.1) is 0 Å². The van der Waals surface area contributed by atoms with Gasteiger partial charge in [0, 0.05) is 11.3 Å². The van der Waals surface area contributed by atoms with Crippen LogP contribution in [-0.4, -0.2) is 37.5 Å². The Bertz CT molecular complexity index is 846. The van der Waals surface area contributed by atoms with E-state index in [0.717, 1.165) is 11.1 Å². The lowest BCUT2D eigenvalue weighted by molar-refractivity contribution is -0.146. The summed E-state index contributed by atoms with van der Waals surface area (Å²) >= 11 is 0. The van der Waals surface area contributed by atoms with E-state index in [1.165, 1.54) is 0 Å². The lowest BCUT2D eigenvalue weighted by atomic mass is 10.1. The molecule has 0 radical (unpaired) electrons. The number of esters is 1. The van der Waals surface area contributed by atoms with Gasteiger partial charge in [0.2, 0.25) is 0 Å². The van der Waals surface area contributed by atoms with E-state index in [0.29, 0.717) is 23.6 Å². The summed E-state index contributed by atoms with van der Waals surface area (Å²) in [5, 5.41) is 5.11. The molecule has 0 aliphatic rings. The van der Waals surface area contributed by atoms with Gasteiger partial charge in [0.25, 0.3) is 11.8 Å². The average molecular weight is 384 g/mol. The van der Waals surface area contributed by atoms with Crippen molar-refractivity contribution in [3.8, 4) is 5.75 Å². The first-order valence-corrected chi connectivity index (χ1v) is 8.93. The number of rotatable bonds is 8. The summed E-state index contributed by atoms with van der Waals surface area (Å²) < 4.78 is 10.2. The number of ether oxygens (including phenoxy) is 2. The van der Waals surface area contributed by atoms with Crippen molar-refractivity contribution in [2.75, 3.05) is 25.1 Å². The highest BCUT2D eigenvalue weighted by molar-refractivity contribution is 5.96. The van der Waals surface area contributed by atoms with Crippen molar-refractivity contribution in [2.24, 2.45) is 0 Å². The minimum atomic E-state index is -0.700. The van der Waals surface area contributed by atoms with Crippen LogP contribution in [0.25, 0.3) is 0 Å². The van der Waals surface area contributed by atoms with Gasteiger partial charge in [-0.25, -0.2) is 0 Å². The first-order chi connectivity index (χ1) is 13.4. The smallest absolute Gasteiger partial charge is 0.325 e. The molecule has 0 fully saturated rings. The van der Waals surface area contributed by atoms with Crippen molar-refractivity contribution in [1.82, 2.24) is 5.32 Å². The molecule has 7 heteroatoms. The van der Waals surface area contributed by atoms with Gasteiger partial charge < -0.3 is 20.1 Å². The molecular weight excluding hydrogens is 360 g/mol. The normalized spacial score (nSPS) is 10.1. The molecule has 2 amide bonds. The summed E-state index contributed by atoms with van der Waals surface area (Å²) in [5.41, 5.74) is 3.19. The number of hydrogen-bond acceptors (Lipinski definition) is 5. The van der Waals surface area contributed by atoms with Gasteiger partial charge in [-0.2, -0.15) is 0 Å². The minimum absolute atomic E-state index is 0.330. The van der Waals surface area contributed by atoms with Crippen molar-refractivity contribution in [2.45, 2.75) is 20.8 Å². The molecule has 2 N–H and O–H groups in total. The molecule has 0 aliphatic carbocycles. The molecule has 2 rings (SSSR count). The number of carbonyl (C=O) groups excluding carboxylic acids is 3. The van der Waals surface area contributed by atoms with E-state index in [1.807, 2.05) is 32.9 Å². The van der Waals surface area contributed by atoms with Crippen molar-refractivity contribution in [3.63, 3.8) is 0 Å². The molecule has 0 heterocycles. The molecule has 0 unspecified atom stereocenters. The standard InChI is InChI=1S/C21H24N2O5/c1-4-27-18-9-6-16(7-10-18)21(26)22-12-20(25)28-13-19(24)23-17-8-5-14(2)15(3)11-17/h5-11H,4,12-13H2,1-3H3,(H,22,26)(H,23,24). The number of amides is 2. The fraction of sp³-hybridized carbons (Fsp3) is 0.286. The minimum Gasteiger partial charge on any atom is -0.494 e. The van der Waals surface area contributed by atoms with Crippen LogP contribution in [0.5, 0.6) is 5.75 Å². The topological polar surface area (TPSA) is 93.7 Å². The van der Waals surface area contributed by atoms with E-state index in [2.05, 4.69) is 10.6 Å². The van der Waals surface area contributed by atoms with E-state index in [9.17, 15) is 14.4 Å². The first-order valence-electron chi connectivity index (χ1n) is 8.93. The van der Waals surface area contributed by atoms with Crippen LogP contribution in [0.15, 0.2) is 42.5 Å². The van der Waals surface area contributed by atoms with E-state index >= 15 is 0 Å².